The first-order valence-corrected chi connectivity index (χ1v) is 9.30. The molecule has 1 aromatic carbocycles. The zero-order valence-corrected chi connectivity index (χ0v) is 14.9. The number of benzene rings is 1. The highest BCUT2D eigenvalue weighted by atomic mass is 32.1. The highest BCUT2D eigenvalue weighted by molar-refractivity contribution is 7.19. The lowest BCUT2D eigenvalue weighted by Crippen LogP contribution is -2.27. The summed E-state index contributed by atoms with van der Waals surface area (Å²) in [6.07, 6.45) is 0.705. The molecule has 24 heavy (non-hydrogen) atoms. The normalized spacial score (nSPS) is 10.9. The number of anilines is 1. The Morgan fingerprint density at radius 2 is 2.12 bits per heavy atom. The van der Waals surface area contributed by atoms with Gasteiger partial charge in [0.25, 0.3) is 0 Å². The van der Waals surface area contributed by atoms with Crippen LogP contribution in [0, 0.1) is 0 Å². The van der Waals surface area contributed by atoms with Gasteiger partial charge in [0.2, 0.25) is 5.13 Å². The number of nitrogens with zero attached hydrogens (tertiary/aromatic N) is 2. The van der Waals surface area contributed by atoms with Crippen LogP contribution in [0.25, 0.3) is 10.1 Å². The Kier molecular flexibility index (Phi) is 5.73. The van der Waals surface area contributed by atoms with Gasteiger partial charge in [-0.05, 0) is 24.4 Å². The van der Waals surface area contributed by atoms with Gasteiger partial charge in [0, 0.05) is 22.6 Å². The molecule has 0 aliphatic carbocycles. The molecule has 0 spiro atoms. The number of urea groups is 1. The van der Waals surface area contributed by atoms with Crippen LogP contribution in [-0.2, 0) is 17.7 Å². The van der Waals surface area contributed by atoms with Crippen LogP contribution in [0.2, 0.25) is 0 Å². The molecule has 0 aliphatic rings. The summed E-state index contributed by atoms with van der Waals surface area (Å²) in [5, 5.41) is 16.1. The Morgan fingerprint density at radius 3 is 2.96 bits per heavy atom. The fraction of sp³-hybridized carbons (Fsp3) is 0.312. The van der Waals surface area contributed by atoms with Gasteiger partial charge in [-0.1, -0.05) is 29.5 Å². The predicted molar refractivity (Wildman–Crippen MR) is 97.8 cm³/mol. The number of ether oxygens (including phenoxy) is 1. The first-order chi connectivity index (χ1) is 11.7. The van der Waals surface area contributed by atoms with E-state index >= 15 is 0 Å². The predicted octanol–water partition coefficient (Wildman–Crippen LogP) is 3.65. The van der Waals surface area contributed by atoms with Crippen molar-refractivity contribution in [2.45, 2.75) is 19.9 Å². The van der Waals surface area contributed by atoms with Crippen molar-refractivity contribution in [3.63, 3.8) is 0 Å². The average molecular weight is 362 g/mol. The van der Waals surface area contributed by atoms with Gasteiger partial charge in [-0.25, -0.2) is 4.79 Å². The number of rotatable bonds is 7. The summed E-state index contributed by atoms with van der Waals surface area (Å²) >= 11 is 3.04. The molecule has 0 saturated heterocycles. The molecule has 8 heteroatoms. The second kappa shape index (κ2) is 8.18. The van der Waals surface area contributed by atoms with E-state index in [9.17, 15) is 4.79 Å². The molecule has 2 aromatic heterocycles. The smallest absolute Gasteiger partial charge is 0.321 e. The van der Waals surface area contributed by atoms with Crippen molar-refractivity contribution in [3.8, 4) is 0 Å². The fourth-order valence-corrected chi connectivity index (χ4v) is 3.86. The van der Waals surface area contributed by atoms with E-state index < -0.39 is 0 Å². The minimum absolute atomic E-state index is 0.278. The molecule has 0 atom stereocenters. The molecule has 0 fully saturated rings. The van der Waals surface area contributed by atoms with Gasteiger partial charge in [0.1, 0.15) is 5.01 Å². The Bertz CT molecular complexity index is 782. The number of carbonyl (C=O) groups is 1. The molecule has 0 saturated carbocycles. The third-order valence-corrected chi connectivity index (χ3v) is 5.27. The zero-order chi connectivity index (χ0) is 16.8. The van der Waals surface area contributed by atoms with Crippen LogP contribution in [0.5, 0.6) is 0 Å². The molecule has 6 nitrogen and oxygen atoms in total. The van der Waals surface area contributed by atoms with Crippen LogP contribution in [-0.4, -0.2) is 29.4 Å². The molecule has 3 aromatic rings. The van der Waals surface area contributed by atoms with Crippen molar-refractivity contribution < 1.29 is 9.53 Å². The number of thiophene rings is 1. The Balaban J connectivity index is 1.48. The second-order valence-electron chi connectivity index (χ2n) is 5.01. The number of carbonyl (C=O) groups excluding carboxylic acids is 1. The number of fused-ring (bicyclic) bond motifs is 1. The molecular formula is C16H18N4O2S2. The van der Waals surface area contributed by atoms with Crippen molar-refractivity contribution in [2.75, 3.05) is 18.5 Å². The maximum absolute atomic E-state index is 12.0. The molecule has 2 heterocycles. The third kappa shape index (κ3) is 4.50. The summed E-state index contributed by atoms with van der Waals surface area (Å²) in [5.41, 5.74) is 0. The van der Waals surface area contributed by atoms with Crippen LogP contribution in [0.3, 0.4) is 0 Å². The van der Waals surface area contributed by atoms with E-state index in [4.69, 9.17) is 4.74 Å². The van der Waals surface area contributed by atoms with Gasteiger partial charge in [-0.2, -0.15) is 0 Å². The van der Waals surface area contributed by atoms with Gasteiger partial charge in [-0.3, -0.25) is 5.32 Å². The van der Waals surface area contributed by atoms with Gasteiger partial charge in [0.15, 0.2) is 0 Å². The zero-order valence-electron chi connectivity index (χ0n) is 13.2. The minimum Gasteiger partial charge on any atom is -0.381 e. The maximum Gasteiger partial charge on any atom is 0.321 e. The molecule has 0 radical (unpaired) electrons. The van der Waals surface area contributed by atoms with E-state index in [0.29, 0.717) is 31.3 Å². The van der Waals surface area contributed by atoms with E-state index in [-0.39, 0.29) is 6.03 Å². The lowest BCUT2D eigenvalue weighted by atomic mass is 10.2. The Labute approximate surface area is 147 Å². The number of aromatic nitrogens is 2. The average Bonchev–Trinajstić information content (AvgIpc) is 3.19. The minimum atomic E-state index is -0.278. The number of nitrogens with one attached hydrogen (secondary N) is 2. The monoisotopic (exact) mass is 362 g/mol. The van der Waals surface area contributed by atoms with Crippen molar-refractivity contribution in [2.24, 2.45) is 0 Å². The van der Waals surface area contributed by atoms with Gasteiger partial charge in [-0.15, -0.1) is 21.5 Å². The maximum atomic E-state index is 12.0. The summed E-state index contributed by atoms with van der Waals surface area (Å²) in [5.74, 6) is 0. The van der Waals surface area contributed by atoms with E-state index in [0.717, 1.165) is 9.88 Å². The van der Waals surface area contributed by atoms with Crippen LogP contribution in [0.1, 0.15) is 16.8 Å². The van der Waals surface area contributed by atoms with Crippen molar-refractivity contribution in [1.82, 2.24) is 15.5 Å². The van der Waals surface area contributed by atoms with Crippen molar-refractivity contribution >= 4 is 43.9 Å². The van der Waals surface area contributed by atoms with Crippen LogP contribution in [0.15, 0.2) is 30.3 Å². The molecule has 0 unspecified atom stereocenters. The molecular weight excluding hydrogens is 344 g/mol. The van der Waals surface area contributed by atoms with Crippen molar-refractivity contribution in [3.05, 3.63) is 40.2 Å². The number of hydrogen-bond donors (Lipinski definition) is 2. The first-order valence-electron chi connectivity index (χ1n) is 7.67. The molecule has 126 valence electrons. The lowest BCUT2D eigenvalue weighted by molar-refractivity contribution is 0.150. The summed E-state index contributed by atoms with van der Waals surface area (Å²) < 4.78 is 6.50. The molecule has 2 N–H and O–H groups in total. The van der Waals surface area contributed by atoms with E-state index in [1.165, 1.54) is 21.4 Å². The fourth-order valence-electron chi connectivity index (χ4n) is 2.14. The van der Waals surface area contributed by atoms with Gasteiger partial charge < -0.3 is 10.1 Å². The first kappa shape index (κ1) is 16.8. The molecule has 3 rings (SSSR count). The third-order valence-electron chi connectivity index (χ3n) is 3.25. The SMILES string of the molecule is CCOCCc1nnc(NC(=O)NCc2cc3ccccc3s2)s1. The molecule has 2 amide bonds. The largest absolute Gasteiger partial charge is 0.381 e. The van der Waals surface area contributed by atoms with Gasteiger partial charge in [0.05, 0.1) is 13.2 Å². The highest BCUT2D eigenvalue weighted by Crippen LogP contribution is 2.25. The van der Waals surface area contributed by atoms with Gasteiger partial charge >= 0.3 is 6.03 Å². The Morgan fingerprint density at radius 1 is 1.25 bits per heavy atom. The molecule has 0 bridgehead atoms. The summed E-state index contributed by atoms with van der Waals surface area (Å²) in [4.78, 5) is 13.1. The van der Waals surface area contributed by atoms with Crippen LogP contribution >= 0.6 is 22.7 Å². The van der Waals surface area contributed by atoms with E-state index in [2.05, 4.69) is 39.0 Å². The summed E-state index contributed by atoms with van der Waals surface area (Å²) in [7, 11) is 0. The topological polar surface area (TPSA) is 76.1 Å². The second-order valence-corrected chi connectivity index (χ2v) is 7.24. The molecule has 0 aliphatic heterocycles. The lowest BCUT2D eigenvalue weighted by Gasteiger charge is -2.02. The Hall–Kier alpha value is -2.03. The van der Waals surface area contributed by atoms with Crippen molar-refractivity contribution in [1.29, 1.82) is 0 Å². The number of amides is 2. The summed E-state index contributed by atoms with van der Waals surface area (Å²) in [6, 6.07) is 9.99. The quantitative estimate of drug-likeness (QED) is 0.629. The van der Waals surface area contributed by atoms with Crippen LogP contribution < -0.4 is 10.6 Å². The highest BCUT2D eigenvalue weighted by Gasteiger charge is 2.09. The van der Waals surface area contributed by atoms with Crippen LogP contribution in [0.4, 0.5) is 9.93 Å². The van der Waals surface area contributed by atoms with E-state index in [1.54, 1.807) is 11.3 Å². The van der Waals surface area contributed by atoms with E-state index in [1.807, 2.05) is 19.1 Å². The standard InChI is InChI=1S/C16H18N4O2S2/c1-2-22-8-7-14-19-20-16(24-14)18-15(21)17-10-12-9-11-5-3-4-6-13(11)23-12/h3-6,9H,2,7-8,10H2,1H3,(H2,17,18,20,21). The number of hydrogen-bond acceptors (Lipinski definition) is 6. The summed E-state index contributed by atoms with van der Waals surface area (Å²) in [6.45, 7) is 3.74.